The van der Waals surface area contributed by atoms with Crippen LogP contribution in [0, 0.1) is 0 Å². The van der Waals surface area contributed by atoms with Crippen molar-refractivity contribution in [2.24, 2.45) is 0 Å². The van der Waals surface area contributed by atoms with Crippen LogP contribution in [0.2, 0.25) is 0 Å². The molecule has 2 aliphatic heterocycles. The van der Waals surface area contributed by atoms with Crippen molar-refractivity contribution in [2.45, 2.75) is 37.8 Å². The Balaban J connectivity index is 1.99. The van der Waals surface area contributed by atoms with Gasteiger partial charge in [0.1, 0.15) is 9.84 Å². The summed E-state index contributed by atoms with van der Waals surface area (Å²) in [5.41, 5.74) is 1.35. The lowest BCUT2D eigenvalue weighted by molar-refractivity contribution is 0.255. The van der Waals surface area contributed by atoms with Crippen molar-refractivity contribution in [3.63, 3.8) is 0 Å². The average molecular weight is 271 g/mol. The highest BCUT2D eigenvalue weighted by molar-refractivity contribution is 7.91. The maximum Gasteiger partial charge on any atom is 0.150 e. The van der Waals surface area contributed by atoms with Gasteiger partial charge in [-0.25, -0.2) is 8.42 Å². The molecule has 3 rings (SSSR count). The minimum atomic E-state index is -2.80. The van der Waals surface area contributed by atoms with Crippen molar-refractivity contribution in [1.29, 1.82) is 0 Å². The Hall–Kier alpha value is -0.390. The van der Waals surface area contributed by atoms with Gasteiger partial charge in [0.2, 0.25) is 0 Å². The first-order valence-corrected chi connectivity index (χ1v) is 8.76. The molecular weight excluding hydrogens is 254 g/mol. The Labute approximate surface area is 106 Å². The van der Waals surface area contributed by atoms with Crippen LogP contribution in [-0.4, -0.2) is 26.0 Å². The SMILES string of the molecule is CC1Cc2ccsc2C2(CCS(=O)(=O)CC2)N1. The highest BCUT2D eigenvalue weighted by Crippen LogP contribution is 2.42. The van der Waals surface area contributed by atoms with Gasteiger partial charge in [0.05, 0.1) is 17.0 Å². The number of hydrogen-bond acceptors (Lipinski definition) is 4. The minimum absolute atomic E-state index is 0.0630. The number of hydrogen-bond donors (Lipinski definition) is 1. The summed E-state index contributed by atoms with van der Waals surface area (Å²) >= 11 is 1.78. The summed E-state index contributed by atoms with van der Waals surface area (Å²) in [5.74, 6) is 0.647. The molecule has 1 aromatic heterocycles. The van der Waals surface area contributed by atoms with E-state index in [2.05, 4.69) is 23.7 Å². The molecule has 0 aromatic carbocycles. The van der Waals surface area contributed by atoms with Gasteiger partial charge in [-0.1, -0.05) is 0 Å². The summed E-state index contributed by atoms with van der Waals surface area (Å²) in [7, 11) is -2.80. The topological polar surface area (TPSA) is 46.2 Å². The lowest BCUT2D eigenvalue weighted by atomic mass is 9.82. The molecule has 3 heterocycles. The first-order valence-electron chi connectivity index (χ1n) is 6.06. The summed E-state index contributed by atoms with van der Waals surface area (Å²) in [4.78, 5) is 1.38. The average Bonchev–Trinajstić information content (AvgIpc) is 2.71. The third-order valence-electron chi connectivity index (χ3n) is 3.91. The Morgan fingerprint density at radius 3 is 2.82 bits per heavy atom. The molecule has 5 heteroatoms. The zero-order valence-electron chi connectivity index (χ0n) is 9.90. The largest absolute Gasteiger partial charge is 0.304 e. The molecule has 3 nitrogen and oxygen atoms in total. The second-order valence-electron chi connectivity index (χ2n) is 5.26. The van der Waals surface area contributed by atoms with E-state index >= 15 is 0 Å². The van der Waals surface area contributed by atoms with Crippen molar-refractivity contribution in [3.8, 4) is 0 Å². The zero-order valence-corrected chi connectivity index (χ0v) is 11.5. The summed E-state index contributed by atoms with van der Waals surface area (Å²) in [6.07, 6.45) is 2.52. The summed E-state index contributed by atoms with van der Waals surface area (Å²) in [6, 6.07) is 2.64. The van der Waals surface area contributed by atoms with Crippen LogP contribution >= 0.6 is 11.3 Å². The van der Waals surface area contributed by atoms with Crippen LogP contribution in [0.15, 0.2) is 11.4 Å². The van der Waals surface area contributed by atoms with Crippen molar-refractivity contribution in [2.75, 3.05) is 11.5 Å². The number of sulfone groups is 1. The minimum Gasteiger partial charge on any atom is -0.304 e. The smallest absolute Gasteiger partial charge is 0.150 e. The van der Waals surface area contributed by atoms with Gasteiger partial charge < -0.3 is 5.32 Å². The Bertz CT molecular complexity index is 518. The van der Waals surface area contributed by atoms with Crippen LogP contribution in [0.5, 0.6) is 0 Å². The molecule has 17 heavy (non-hydrogen) atoms. The standard InChI is InChI=1S/C12H17NO2S2/c1-9-8-10-2-5-16-11(10)12(13-9)3-6-17(14,15)7-4-12/h2,5,9,13H,3-4,6-8H2,1H3. The fourth-order valence-corrected chi connectivity index (χ4v) is 5.78. The van der Waals surface area contributed by atoms with Gasteiger partial charge >= 0.3 is 0 Å². The maximum atomic E-state index is 11.6. The first kappa shape index (κ1) is 11.7. The van der Waals surface area contributed by atoms with E-state index in [1.54, 1.807) is 11.3 Å². The van der Waals surface area contributed by atoms with Crippen LogP contribution in [0.3, 0.4) is 0 Å². The van der Waals surface area contributed by atoms with Crippen LogP contribution in [0.25, 0.3) is 0 Å². The Morgan fingerprint density at radius 1 is 1.41 bits per heavy atom. The Kier molecular flexibility index (Phi) is 2.61. The monoisotopic (exact) mass is 271 g/mol. The molecule has 0 amide bonds. The molecule has 1 aromatic rings. The highest BCUT2D eigenvalue weighted by atomic mass is 32.2. The molecule has 2 aliphatic rings. The Morgan fingerprint density at radius 2 is 2.12 bits per heavy atom. The van der Waals surface area contributed by atoms with Gasteiger partial charge in [0, 0.05) is 10.9 Å². The van der Waals surface area contributed by atoms with Crippen molar-refractivity contribution in [3.05, 3.63) is 21.9 Å². The number of rotatable bonds is 0. The molecule has 0 radical (unpaired) electrons. The third-order valence-corrected chi connectivity index (χ3v) is 6.72. The summed E-state index contributed by atoms with van der Waals surface area (Å²) < 4.78 is 23.2. The second-order valence-corrected chi connectivity index (χ2v) is 8.48. The number of thiophene rings is 1. The van der Waals surface area contributed by atoms with Gasteiger partial charge in [-0.15, -0.1) is 11.3 Å². The van der Waals surface area contributed by atoms with E-state index in [1.807, 2.05) is 0 Å². The molecule has 0 bridgehead atoms. The quantitative estimate of drug-likeness (QED) is 0.781. The van der Waals surface area contributed by atoms with Gasteiger partial charge in [-0.05, 0) is 43.2 Å². The molecule has 0 saturated carbocycles. The van der Waals surface area contributed by atoms with Gasteiger partial charge in [-0.3, -0.25) is 0 Å². The molecule has 1 fully saturated rings. The maximum absolute atomic E-state index is 11.6. The summed E-state index contributed by atoms with van der Waals surface area (Å²) in [5, 5.41) is 5.79. The van der Waals surface area contributed by atoms with E-state index in [-0.39, 0.29) is 5.54 Å². The fourth-order valence-electron chi connectivity index (χ4n) is 3.09. The van der Waals surface area contributed by atoms with Crippen LogP contribution in [0.1, 0.15) is 30.2 Å². The number of nitrogens with one attached hydrogen (secondary N) is 1. The van der Waals surface area contributed by atoms with E-state index in [0.717, 1.165) is 19.3 Å². The predicted molar refractivity (Wildman–Crippen MR) is 70.2 cm³/mol. The van der Waals surface area contributed by atoms with E-state index in [0.29, 0.717) is 17.5 Å². The van der Waals surface area contributed by atoms with Gasteiger partial charge in [-0.2, -0.15) is 0 Å². The summed E-state index contributed by atoms with van der Waals surface area (Å²) in [6.45, 7) is 2.19. The van der Waals surface area contributed by atoms with Gasteiger partial charge in [0.15, 0.2) is 0 Å². The zero-order chi connectivity index (χ0) is 12.1. The molecule has 1 N–H and O–H groups in total. The van der Waals surface area contributed by atoms with Crippen molar-refractivity contribution < 1.29 is 8.42 Å². The van der Waals surface area contributed by atoms with Crippen LogP contribution in [-0.2, 0) is 21.8 Å². The van der Waals surface area contributed by atoms with Crippen molar-refractivity contribution in [1.82, 2.24) is 5.32 Å². The fraction of sp³-hybridized carbons (Fsp3) is 0.667. The van der Waals surface area contributed by atoms with E-state index < -0.39 is 9.84 Å². The normalized spacial score (nSPS) is 30.1. The van der Waals surface area contributed by atoms with E-state index in [1.165, 1.54) is 10.4 Å². The lowest BCUT2D eigenvalue weighted by Crippen LogP contribution is -2.54. The second kappa shape index (κ2) is 3.80. The van der Waals surface area contributed by atoms with Crippen molar-refractivity contribution >= 4 is 21.2 Å². The predicted octanol–water partition coefficient (Wildman–Crippen LogP) is 1.69. The molecule has 1 saturated heterocycles. The molecule has 1 spiro atoms. The highest BCUT2D eigenvalue weighted by Gasteiger charge is 2.43. The lowest BCUT2D eigenvalue weighted by Gasteiger charge is -2.43. The van der Waals surface area contributed by atoms with E-state index in [9.17, 15) is 8.42 Å². The molecule has 1 unspecified atom stereocenters. The van der Waals surface area contributed by atoms with Crippen LogP contribution < -0.4 is 5.32 Å². The molecular formula is C12H17NO2S2. The first-order chi connectivity index (χ1) is 8.01. The molecule has 0 aliphatic carbocycles. The molecule has 1 atom stereocenters. The number of fused-ring (bicyclic) bond motifs is 2. The third kappa shape index (κ3) is 1.94. The van der Waals surface area contributed by atoms with Gasteiger partial charge in [0.25, 0.3) is 0 Å². The molecule has 94 valence electrons. The van der Waals surface area contributed by atoms with E-state index in [4.69, 9.17) is 0 Å². The van der Waals surface area contributed by atoms with Crippen LogP contribution in [0.4, 0.5) is 0 Å².